The SMILES string of the molecule is COC1(CNCc2ccc(C(F)(F)F)cc2)CCOC1. The van der Waals surface area contributed by atoms with Crippen molar-refractivity contribution in [1.82, 2.24) is 5.32 Å². The van der Waals surface area contributed by atoms with Crippen LogP contribution in [0.15, 0.2) is 24.3 Å². The second kappa shape index (κ2) is 6.11. The summed E-state index contributed by atoms with van der Waals surface area (Å²) in [5.41, 5.74) is -0.131. The molecule has 0 bridgehead atoms. The maximum Gasteiger partial charge on any atom is 0.416 e. The Morgan fingerprint density at radius 1 is 1.30 bits per heavy atom. The zero-order valence-electron chi connectivity index (χ0n) is 11.3. The van der Waals surface area contributed by atoms with Gasteiger partial charge in [-0.2, -0.15) is 13.2 Å². The number of hydrogen-bond acceptors (Lipinski definition) is 3. The minimum atomic E-state index is -4.28. The first-order valence-electron chi connectivity index (χ1n) is 6.45. The van der Waals surface area contributed by atoms with Crippen LogP contribution in [0.1, 0.15) is 17.5 Å². The van der Waals surface area contributed by atoms with Crippen LogP contribution in [0.5, 0.6) is 0 Å². The van der Waals surface area contributed by atoms with Crippen LogP contribution >= 0.6 is 0 Å². The summed E-state index contributed by atoms with van der Waals surface area (Å²) in [7, 11) is 1.65. The number of halogens is 3. The zero-order chi connectivity index (χ0) is 14.6. The molecule has 1 unspecified atom stereocenters. The first-order chi connectivity index (χ1) is 9.45. The molecule has 1 heterocycles. The highest BCUT2D eigenvalue weighted by atomic mass is 19.4. The van der Waals surface area contributed by atoms with Gasteiger partial charge >= 0.3 is 6.18 Å². The average Bonchev–Trinajstić information content (AvgIpc) is 2.88. The quantitative estimate of drug-likeness (QED) is 0.904. The summed E-state index contributed by atoms with van der Waals surface area (Å²) in [5, 5.41) is 3.21. The van der Waals surface area contributed by atoms with E-state index in [1.807, 2.05) is 0 Å². The molecule has 112 valence electrons. The van der Waals surface area contributed by atoms with Crippen molar-refractivity contribution >= 4 is 0 Å². The van der Waals surface area contributed by atoms with Gasteiger partial charge in [0.05, 0.1) is 12.2 Å². The summed E-state index contributed by atoms with van der Waals surface area (Å²) < 4.78 is 48.1. The van der Waals surface area contributed by atoms with E-state index < -0.39 is 11.7 Å². The molecule has 0 saturated carbocycles. The van der Waals surface area contributed by atoms with Gasteiger partial charge in [0.25, 0.3) is 0 Å². The molecule has 0 aliphatic carbocycles. The van der Waals surface area contributed by atoms with Gasteiger partial charge in [-0.3, -0.25) is 0 Å². The Morgan fingerprint density at radius 3 is 2.50 bits per heavy atom. The van der Waals surface area contributed by atoms with Crippen LogP contribution < -0.4 is 5.32 Å². The van der Waals surface area contributed by atoms with Gasteiger partial charge in [0.1, 0.15) is 5.60 Å². The maximum absolute atomic E-state index is 12.4. The van der Waals surface area contributed by atoms with E-state index in [1.54, 1.807) is 7.11 Å². The fourth-order valence-corrected chi connectivity index (χ4v) is 2.21. The van der Waals surface area contributed by atoms with E-state index in [4.69, 9.17) is 9.47 Å². The number of alkyl halides is 3. The molecule has 1 atom stereocenters. The summed E-state index contributed by atoms with van der Waals surface area (Å²) >= 11 is 0. The number of methoxy groups -OCH3 is 1. The first kappa shape index (κ1) is 15.3. The fraction of sp³-hybridized carbons (Fsp3) is 0.571. The van der Waals surface area contributed by atoms with Crippen LogP contribution in [0.2, 0.25) is 0 Å². The topological polar surface area (TPSA) is 30.5 Å². The molecular weight excluding hydrogens is 271 g/mol. The van der Waals surface area contributed by atoms with E-state index in [2.05, 4.69) is 5.32 Å². The fourth-order valence-electron chi connectivity index (χ4n) is 2.21. The third kappa shape index (κ3) is 3.71. The van der Waals surface area contributed by atoms with E-state index in [9.17, 15) is 13.2 Å². The Balaban J connectivity index is 1.85. The van der Waals surface area contributed by atoms with Crippen LogP contribution in [0, 0.1) is 0 Å². The Bertz CT molecular complexity index is 425. The summed E-state index contributed by atoms with van der Waals surface area (Å²) in [4.78, 5) is 0. The van der Waals surface area contributed by atoms with Crippen LogP contribution in [-0.2, 0) is 22.2 Å². The molecule has 1 N–H and O–H groups in total. The van der Waals surface area contributed by atoms with Gasteiger partial charge in [-0.1, -0.05) is 12.1 Å². The Labute approximate surface area is 116 Å². The van der Waals surface area contributed by atoms with E-state index in [0.29, 0.717) is 26.3 Å². The van der Waals surface area contributed by atoms with Crippen LogP contribution in [0.4, 0.5) is 13.2 Å². The molecule has 0 radical (unpaired) electrons. The molecule has 3 nitrogen and oxygen atoms in total. The second-order valence-electron chi connectivity index (χ2n) is 4.99. The number of hydrogen-bond donors (Lipinski definition) is 1. The van der Waals surface area contributed by atoms with Crippen molar-refractivity contribution in [3.8, 4) is 0 Å². The standard InChI is InChI=1S/C14H18F3NO2/c1-19-13(6-7-20-10-13)9-18-8-11-2-4-12(5-3-11)14(15,16)17/h2-5,18H,6-10H2,1H3. The molecule has 1 aromatic rings. The molecular formula is C14H18F3NO2. The van der Waals surface area contributed by atoms with Gasteiger partial charge in [0.15, 0.2) is 0 Å². The van der Waals surface area contributed by atoms with Crippen molar-refractivity contribution < 1.29 is 22.6 Å². The lowest BCUT2D eigenvalue weighted by Gasteiger charge is -2.26. The van der Waals surface area contributed by atoms with Crippen molar-refractivity contribution in [1.29, 1.82) is 0 Å². The summed E-state index contributed by atoms with van der Waals surface area (Å²) in [6, 6.07) is 5.17. The van der Waals surface area contributed by atoms with E-state index in [1.165, 1.54) is 12.1 Å². The summed E-state index contributed by atoms with van der Waals surface area (Å²) in [6.45, 7) is 2.34. The molecule has 0 spiro atoms. The van der Waals surface area contributed by atoms with Crippen molar-refractivity contribution in [3.05, 3.63) is 35.4 Å². The van der Waals surface area contributed by atoms with Crippen LogP contribution in [0.3, 0.4) is 0 Å². The van der Waals surface area contributed by atoms with Gasteiger partial charge in [-0.05, 0) is 17.7 Å². The lowest BCUT2D eigenvalue weighted by atomic mass is 10.0. The zero-order valence-corrected chi connectivity index (χ0v) is 11.3. The van der Waals surface area contributed by atoms with Gasteiger partial charge < -0.3 is 14.8 Å². The summed E-state index contributed by atoms with van der Waals surface area (Å²) in [5.74, 6) is 0. The molecule has 20 heavy (non-hydrogen) atoms. The smallest absolute Gasteiger partial charge is 0.378 e. The van der Waals surface area contributed by atoms with E-state index in [-0.39, 0.29) is 5.60 Å². The first-order valence-corrected chi connectivity index (χ1v) is 6.45. The number of ether oxygens (including phenoxy) is 2. The highest BCUT2D eigenvalue weighted by molar-refractivity contribution is 5.24. The highest BCUT2D eigenvalue weighted by Gasteiger charge is 2.34. The van der Waals surface area contributed by atoms with Crippen molar-refractivity contribution in [2.75, 3.05) is 26.9 Å². The third-order valence-corrected chi connectivity index (χ3v) is 3.56. The molecule has 1 aromatic carbocycles. The number of nitrogens with one attached hydrogen (secondary N) is 1. The predicted molar refractivity (Wildman–Crippen MR) is 68.3 cm³/mol. The minimum Gasteiger partial charge on any atom is -0.378 e. The Hall–Kier alpha value is -1.11. The molecule has 6 heteroatoms. The van der Waals surface area contributed by atoms with Crippen molar-refractivity contribution in [2.45, 2.75) is 24.7 Å². The molecule has 1 aliphatic rings. The predicted octanol–water partition coefficient (Wildman–Crippen LogP) is 2.60. The molecule has 1 saturated heterocycles. The minimum absolute atomic E-state index is 0.314. The van der Waals surface area contributed by atoms with Crippen molar-refractivity contribution in [3.63, 3.8) is 0 Å². The maximum atomic E-state index is 12.4. The van der Waals surface area contributed by atoms with Crippen LogP contribution in [0.25, 0.3) is 0 Å². The third-order valence-electron chi connectivity index (χ3n) is 3.56. The lowest BCUT2D eigenvalue weighted by molar-refractivity contribution is -0.137. The Morgan fingerprint density at radius 2 is 2.00 bits per heavy atom. The molecule has 1 fully saturated rings. The van der Waals surface area contributed by atoms with Gasteiger partial charge in [-0.25, -0.2) is 0 Å². The normalized spacial score (nSPS) is 23.2. The highest BCUT2D eigenvalue weighted by Crippen LogP contribution is 2.29. The monoisotopic (exact) mass is 289 g/mol. The summed E-state index contributed by atoms with van der Waals surface area (Å²) in [6.07, 6.45) is -3.46. The van der Waals surface area contributed by atoms with E-state index in [0.717, 1.165) is 24.1 Å². The average molecular weight is 289 g/mol. The lowest BCUT2D eigenvalue weighted by Crippen LogP contribution is -2.42. The number of benzene rings is 1. The van der Waals surface area contributed by atoms with Gasteiger partial charge in [0.2, 0.25) is 0 Å². The molecule has 2 rings (SSSR count). The molecule has 0 aromatic heterocycles. The number of rotatable bonds is 5. The molecule has 1 aliphatic heterocycles. The largest absolute Gasteiger partial charge is 0.416 e. The van der Waals surface area contributed by atoms with Gasteiger partial charge in [-0.15, -0.1) is 0 Å². The second-order valence-corrected chi connectivity index (χ2v) is 4.99. The van der Waals surface area contributed by atoms with E-state index >= 15 is 0 Å². The van der Waals surface area contributed by atoms with Gasteiger partial charge in [0, 0.05) is 33.2 Å². The Kier molecular flexibility index (Phi) is 4.67. The molecule has 0 amide bonds. The van der Waals surface area contributed by atoms with Crippen LogP contribution in [-0.4, -0.2) is 32.5 Å². The van der Waals surface area contributed by atoms with Crippen molar-refractivity contribution in [2.24, 2.45) is 0 Å².